The fourth-order valence-electron chi connectivity index (χ4n) is 0.766. The van der Waals surface area contributed by atoms with Crippen LogP contribution in [0.3, 0.4) is 0 Å². The normalized spacial score (nSPS) is 7.73. The molecule has 0 aliphatic rings. The van der Waals surface area contributed by atoms with Gasteiger partial charge in [0, 0.05) is 0 Å². The topological polar surface area (TPSA) is 14.1 Å². The molecule has 0 saturated heterocycles. The summed E-state index contributed by atoms with van der Waals surface area (Å²) in [5.74, 6) is 0. The first-order chi connectivity index (χ1) is 4.43. The SMILES string of the molecule is C[N-]Cc1ccccc1.[CH3-].[Co+2]. The van der Waals surface area contributed by atoms with E-state index in [0.29, 0.717) is 0 Å². The van der Waals surface area contributed by atoms with Crippen molar-refractivity contribution in [3.8, 4) is 0 Å². The summed E-state index contributed by atoms with van der Waals surface area (Å²) in [6, 6.07) is 10.2. The summed E-state index contributed by atoms with van der Waals surface area (Å²) in [6.07, 6.45) is 0. The van der Waals surface area contributed by atoms with Gasteiger partial charge in [-0.05, 0) is 0 Å². The van der Waals surface area contributed by atoms with Crippen molar-refractivity contribution in [1.82, 2.24) is 0 Å². The van der Waals surface area contributed by atoms with Crippen molar-refractivity contribution in [1.29, 1.82) is 0 Å². The summed E-state index contributed by atoms with van der Waals surface area (Å²) < 4.78 is 0. The van der Waals surface area contributed by atoms with E-state index in [2.05, 4.69) is 17.4 Å². The molecule has 0 aromatic heterocycles. The molecular formula is C9H13CoN. The Kier molecular flexibility index (Phi) is 9.41. The Morgan fingerprint density at radius 3 is 2.18 bits per heavy atom. The number of nitrogens with zero attached hydrogens (tertiary/aromatic N) is 1. The Morgan fingerprint density at radius 1 is 1.18 bits per heavy atom. The average molecular weight is 194 g/mol. The van der Waals surface area contributed by atoms with Gasteiger partial charge >= 0.3 is 16.8 Å². The van der Waals surface area contributed by atoms with Crippen molar-refractivity contribution in [2.45, 2.75) is 6.54 Å². The second-order valence-electron chi connectivity index (χ2n) is 1.96. The predicted molar refractivity (Wildman–Crippen MR) is 45.8 cm³/mol. The largest absolute Gasteiger partial charge is 2.00 e. The van der Waals surface area contributed by atoms with Crippen LogP contribution in [0.25, 0.3) is 5.32 Å². The minimum absolute atomic E-state index is 0. The van der Waals surface area contributed by atoms with Gasteiger partial charge in [0.05, 0.1) is 0 Å². The zero-order valence-corrected chi connectivity index (χ0v) is 7.92. The van der Waals surface area contributed by atoms with Crippen LogP contribution in [-0.4, -0.2) is 7.05 Å². The van der Waals surface area contributed by atoms with E-state index in [4.69, 9.17) is 0 Å². The molecule has 1 radical (unpaired) electrons. The van der Waals surface area contributed by atoms with Crippen molar-refractivity contribution >= 4 is 0 Å². The molecule has 2 heteroatoms. The first kappa shape index (κ1) is 13.3. The number of benzene rings is 1. The third-order valence-corrected chi connectivity index (χ3v) is 1.18. The summed E-state index contributed by atoms with van der Waals surface area (Å²) in [5, 5.41) is 4.01. The minimum Gasteiger partial charge on any atom is -0.661 e. The maximum atomic E-state index is 4.01. The van der Waals surface area contributed by atoms with Crippen LogP contribution < -0.4 is 0 Å². The van der Waals surface area contributed by atoms with Crippen molar-refractivity contribution in [2.24, 2.45) is 0 Å². The Hall–Kier alpha value is -0.314. The van der Waals surface area contributed by atoms with Crippen LogP contribution >= 0.6 is 0 Å². The second kappa shape index (κ2) is 7.79. The third kappa shape index (κ3) is 5.01. The molecule has 0 saturated carbocycles. The minimum atomic E-state index is 0. The Morgan fingerprint density at radius 2 is 1.73 bits per heavy atom. The van der Waals surface area contributed by atoms with Crippen LogP contribution in [0.15, 0.2) is 30.3 Å². The van der Waals surface area contributed by atoms with E-state index in [1.54, 1.807) is 0 Å². The van der Waals surface area contributed by atoms with E-state index >= 15 is 0 Å². The smallest absolute Gasteiger partial charge is 0.661 e. The zero-order valence-electron chi connectivity index (χ0n) is 6.87. The van der Waals surface area contributed by atoms with Gasteiger partial charge in [0.15, 0.2) is 0 Å². The van der Waals surface area contributed by atoms with Gasteiger partial charge in [-0.15, -0.1) is 6.54 Å². The van der Waals surface area contributed by atoms with Crippen molar-refractivity contribution < 1.29 is 16.8 Å². The second-order valence-corrected chi connectivity index (χ2v) is 1.96. The van der Waals surface area contributed by atoms with Crippen LogP contribution in [0, 0.1) is 7.43 Å². The monoisotopic (exact) mass is 194 g/mol. The molecule has 0 atom stereocenters. The molecular weight excluding hydrogens is 181 g/mol. The van der Waals surface area contributed by atoms with Gasteiger partial charge in [-0.3, -0.25) is 0 Å². The van der Waals surface area contributed by atoms with Gasteiger partial charge in [-0.2, -0.15) is 7.05 Å². The standard InChI is InChI=1S/C8H10N.CH3.Co/c1-9-7-8-5-3-2-4-6-8;;/h2-6H,7H2,1H3;1H3;/q2*-1;+2. The van der Waals surface area contributed by atoms with Crippen LogP contribution in [-0.2, 0) is 23.3 Å². The number of hydrogen-bond donors (Lipinski definition) is 0. The van der Waals surface area contributed by atoms with Crippen LogP contribution in [0.2, 0.25) is 0 Å². The maximum absolute atomic E-state index is 4.01. The van der Waals surface area contributed by atoms with Crippen molar-refractivity contribution in [3.63, 3.8) is 0 Å². The predicted octanol–water partition coefficient (Wildman–Crippen LogP) is 2.64. The molecule has 0 aliphatic carbocycles. The van der Waals surface area contributed by atoms with Gasteiger partial charge in [-0.1, -0.05) is 35.9 Å². The molecule has 0 spiro atoms. The number of rotatable bonds is 2. The molecule has 1 nitrogen and oxygen atoms in total. The van der Waals surface area contributed by atoms with Gasteiger partial charge in [-0.25, -0.2) is 0 Å². The molecule has 63 valence electrons. The zero-order chi connectivity index (χ0) is 6.53. The van der Waals surface area contributed by atoms with E-state index in [1.807, 2.05) is 25.2 Å². The molecule has 1 rings (SSSR count). The molecule has 1 aromatic rings. The fourth-order valence-corrected chi connectivity index (χ4v) is 0.766. The molecule has 0 heterocycles. The van der Waals surface area contributed by atoms with E-state index < -0.39 is 0 Å². The van der Waals surface area contributed by atoms with E-state index in [9.17, 15) is 0 Å². The fraction of sp³-hybridized carbons (Fsp3) is 0.222. The third-order valence-electron chi connectivity index (χ3n) is 1.18. The van der Waals surface area contributed by atoms with E-state index in [-0.39, 0.29) is 24.2 Å². The summed E-state index contributed by atoms with van der Waals surface area (Å²) in [4.78, 5) is 0. The van der Waals surface area contributed by atoms with Crippen LogP contribution in [0.1, 0.15) is 5.56 Å². The summed E-state index contributed by atoms with van der Waals surface area (Å²) >= 11 is 0. The van der Waals surface area contributed by atoms with Crippen LogP contribution in [0.4, 0.5) is 0 Å². The quantitative estimate of drug-likeness (QED) is 0.642. The van der Waals surface area contributed by atoms with Gasteiger partial charge in [0.25, 0.3) is 0 Å². The van der Waals surface area contributed by atoms with Crippen molar-refractivity contribution in [3.05, 3.63) is 48.6 Å². The molecule has 0 aliphatic heterocycles. The molecule has 1 aromatic carbocycles. The van der Waals surface area contributed by atoms with Crippen molar-refractivity contribution in [2.75, 3.05) is 7.05 Å². The molecule has 0 bridgehead atoms. The van der Waals surface area contributed by atoms with Gasteiger partial charge in [0.1, 0.15) is 0 Å². The molecule has 0 unspecified atom stereocenters. The average Bonchev–Trinajstić information content (AvgIpc) is 1.91. The molecule has 0 amide bonds. The summed E-state index contributed by atoms with van der Waals surface area (Å²) in [6.45, 7) is 0.834. The number of hydrogen-bond acceptors (Lipinski definition) is 0. The molecule has 0 N–H and O–H groups in total. The van der Waals surface area contributed by atoms with Gasteiger partial charge in [0.2, 0.25) is 0 Å². The first-order valence-electron chi connectivity index (χ1n) is 3.03. The maximum Gasteiger partial charge on any atom is 2.00 e. The first-order valence-corrected chi connectivity index (χ1v) is 3.03. The Bertz CT molecular complexity index is 162. The Labute approximate surface area is 79.4 Å². The summed E-state index contributed by atoms with van der Waals surface area (Å²) in [5.41, 5.74) is 1.28. The molecule has 11 heavy (non-hydrogen) atoms. The van der Waals surface area contributed by atoms with E-state index in [1.165, 1.54) is 5.56 Å². The van der Waals surface area contributed by atoms with Crippen LogP contribution in [0.5, 0.6) is 0 Å². The van der Waals surface area contributed by atoms with E-state index in [0.717, 1.165) is 6.54 Å². The molecule has 0 fully saturated rings. The summed E-state index contributed by atoms with van der Waals surface area (Å²) in [7, 11) is 1.83. The Balaban J connectivity index is 0. The van der Waals surface area contributed by atoms with Gasteiger partial charge < -0.3 is 12.7 Å².